The predicted octanol–water partition coefficient (Wildman–Crippen LogP) is 0.270. The number of carbonyl (C=O) groups excluding carboxylic acids is 1. The highest BCUT2D eigenvalue weighted by molar-refractivity contribution is 5.83. The maximum Gasteiger partial charge on any atom is 0.331 e. The van der Waals surface area contributed by atoms with Crippen LogP contribution in [0.15, 0.2) is 12.4 Å². The first-order chi connectivity index (χ1) is 9.25. The first-order valence-electron chi connectivity index (χ1n) is 6.04. The van der Waals surface area contributed by atoms with Crippen LogP contribution in [0.2, 0.25) is 0 Å². The van der Waals surface area contributed by atoms with Crippen molar-refractivity contribution in [3.63, 3.8) is 0 Å². The van der Waals surface area contributed by atoms with Crippen molar-refractivity contribution < 1.29 is 19.4 Å². The molecule has 0 aliphatic carbocycles. The second-order valence-corrected chi connectivity index (χ2v) is 5.13. The van der Waals surface area contributed by atoms with Gasteiger partial charge in [0.25, 0.3) is 0 Å². The van der Waals surface area contributed by atoms with E-state index in [0.29, 0.717) is 12.2 Å². The van der Waals surface area contributed by atoms with Crippen LogP contribution in [0.3, 0.4) is 0 Å². The fourth-order valence-electron chi connectivity index (χ4n) is 1.75. The number of methoxy groups -OCH3 is 1. The topological polar surface area (TPSA) is 105 Å². The predicted molar refractivity (Wildman–Crippen MR) is 71.2 cm³/mol. The largest absolute Gasteiger partial charge is 0.479 e. The number of ether oxygens (including phenoxy) is 1. The van der Waals surface area contributed by atoms with Crippen molar-refractivity contribution >= 4 is 12.0 Å². The van der Waals surface area contributed by atoms with Crippen LogP contribution in [0, 0.1) is 0 Å². The van der Waals surface area contributed by atoms with Gasteiger partial charge in [-0.15, -0.1) is 0 Å². The van der Waals surface area contributed by atoms with Gasteiger partial charge in [0.15, 0.2) is 6.04 Å². The molecule has 0 saturated carbocycles. The van der Waals surface area contributed by atoms with Crippen molar-refractivity contribution in [2.75, 3.05) is 13.7 Å². The number of rotatable bonds is 6. The highest BCUT2D eigenvalue weighted by Gasteiger charge is 2.26. The number of hydrogen-bond acceptors (Lipinski definition) is 4. The number of carboxylic acid groups (broad SMARTS) is 1. The molecule has 0 aliphatic rings. The van der Waals surface area contributed by atoms with Crippen molar-refractivity contribution in [3.8, 4) is 0 Å². The molecule has 0 spiro atoms. The Kier molecular flexibility index (Phi) is 5.09. The molecule has 0 aliphatic heterocycles. The summed E-state index contributed by atoms with van der Waals surface area (Å²) in [4.78, 5) is 23.1. The third kappa shape index (κ3) is 4.54. The normalized spacial score (nSPS) is 12.8. The molecule has 112 valence electrons. The van der Waals surface area contributed by atoms with E-state index >= 15 is 0 Å². The minimum atomic E-state index is -1.15. The second-order valence-electron chi connectivity index (χ2n) is 5.13. The summed E-state index contributed by atoms with van der Waals surface area (Å²) in [6.45, 7) is 3.86. The third-order valence-electron chi connectivity index (χ3n) is 2.54. The molecule has 8 nitrogen and oxygen atoms in total. The maximum atomic E-state index is 11.9. The van der Waals surface area contributed by atoms with Gasteiger partial charge in [-0.2, -0.15) is 5.10 Å². The lowest BCUT2D eigenvalue weighted by Crippen LogP contribution is -2.52. The van der Waals surface area contributed by atoms with Crippen molar-refractivity contribution in [1.29, 1.82) is 0 Å². The average molecular weight is 284 g/mol. The fourth-order valence-corrected chi connectivity index (χ4v) is 1.75. The van der Waals surface area contributed by atoms with E-state index in [9.17, 15) is 14.7 Å². The van der Waals surface area contributed by atoms with Crippen LogP contribution in [0.1, 0.15) is 25.5 Å². The summed E-state index contributed by atoms with van der Waals surface area (Å²) in [5, 5.41) is 18.1. The molecule has 20 heavy (non-hydrogen) atoms. The summed E-state index contributed by atoms with van der Waals surface area (Å²) in [5.74, 6) is -1.15. The molecule has 0 fully saturated rings. The van der Waals surface area contributed by atoms with Gasteiger partial charge < -0.3 is 20.5 Å². The van der Waals surface area contributed by atoms with Gasteiger partial charge >= 0.3 is 12.0 Å². The van der Waals surface area contributed by atoms with Gasteiger partial charge in [0.2, 0.25) is 0 Å². The molecular weight excluding hydrogens is 264 g/mol. The number of urea groups is 1. The molecule has 0 aromatic carbocycles. The Morgan fingerprint density at radius 3 is 2.65 bits per heavy atom. The van der Waals surface area contributed by atoms with Gasteiger partial charge in [-0.1, -0.05) is 0 Å². The number of nitrogens with one attached hydrogen (secondary N) is 2. The van der Waals surface area contributed by atoms with Crippen LogP contribution in [-0.4, -0.2) is 46.1 Å². The molecule has 3 N–H and O–H groups in total. The highest BCUT2D eigenvalue weighted by Crippen LogP contribution is 2.12. The van der Waals surface area contributed by atoms with E-state index in [0.717, 1.165) is 0 Å². The third-order valence-corrected chi connectivity index (χ3v) is 2.54. The Balaban J connectivity index is 2.72. The van der Waals surface area contributed by atoms with E-state index in [-0.39, 0.29) is 0 Å². The number of nitrogens with zero attached hydrogens (tertiary/aromatic N) is 2. The number of carboxylic acids is 1. The first kappa shape index (κ1) is 16.0. The molecule has 0 bridgehead atoms. The Labute approximate surface area is 117 Å². The van der Waals surface area contributed by atoms with E-state index in [1.165, 1.54) is 18.0 Å². The lowest BCUT2D eigenvalue weighted by Gasteiger charge is -2.26. The lowest BCUT2D eigenvalue weighted by molar-refractivity contribution is -0.139. The van der Waals surface area contributed by atoms with Crippen LogP contribution < -0.4 is 10.6 Å². The Morgan fingerprint density at radius 2 is 2.20 bits per heavy atom. The lowest BCUT2D eigenvalue weighted by atomic mass is 10.1. The summed E-state index contributed by atoms with van der Waals surface area (Å²) < 4.78 is 6.45. The monoisotopic (exact) mass is 284 g/mol. The zero-order valence-electron chi connectivity index (χ0n) is 12.0. The van der Waals surface area contributed by atoms with Crippen LogP contribution in [0.5, 0.6) is 0 Å². The van der Waals surface area contributed by atoms with Crippen molar-refractivity contribution in [2.45, 2.75) is 25.4 Å². The molecule has 2 amide bonds. The fraction of sp³-hybridized carbons (Fsp3) is 0.583. The first-order valence-corrected chi connectivity index (χ1v) is 6.04. The maximum absolute atomic E-state index is 11.9. The van der Waals surface area contributed by atoms with Gasteiger partial charge in [0, 0.05) is 25.9 Å². The van der Waals surface area contributed by atoms with Gasteiger partial charge in [0.05, 0.1) is 18.3 Å². The smallest absolute Gasteiger partial charge is 0.331 e. The molecule has 1 heterocycles. The number of carbonyl (C=O) groups is 2. The quantitative estimate of drug-likeness (QED) is 0.695. The van der Waals surface area contributed by atoms with Crippen LogP contribution >= 0.6 is 0 Å². The summed E-state index contributed by atoms with van der Waals surface area (Å²) >= 11 is 0. The van der Waals surface area contributed by atoms with E-state index in [1.54, 1.807) is 27.1 Å². The highest BCUT2D eigenvalue weighted by atomic mass is 16.5. The van der Waals surface area contributed by atoms with E-state index in [2.05, 4.69) is 15.7 Å². The van der Waals surface area contributed by atoms with Crippen molar-refractivity contribution in [2.24, 2.45) is 7.05 Å². The number of hydrogen-bond donors (Lipinski definition) is 3. The van der Waals surface area contributed by atoms with Crippen LogP contribution in [0.25, 0.3) is 0 Å². The SMILES string of the molecule is COCC(C)(C)NC(=O)NC(C(=O)O)c1cnn(C)c1. The zero-order valence-corrected chi connectivity index (χ0v) is 12.0. The summed E-state index contributed by atoms with van der Waals surface area (Å²) in [7, 11) is 3.20. The Bertz CT molecular complexity index is 484. The van der Waals surface area contributed by atoms with E-state index in [1.807, 2.05) is 0 Å². The van der Waals surface area contributed by atoms with Crippen LogP contribution in [0.4, 0.5) is 4.79 Å². The number of aromatic nitrogens is 2. The molecule has 1 unspecified atom stereocenters. The van der Waals surface area contributed by atoms with Crippen LogP contribution in [-0.2, 0) is 16.6 Å². The van der Waals surface area contributed by atoms with Crippen molar-refractivity contribution in [1.82, 2.24) is 20.4 Å². The standard InChI is InChI=1S/C12H20N4O4/c1-12(2,7-20-4)15-11(19)14-9(10(17)18)8-5-13-16(3)6-8/h5-6,9H,7H2,1-4H3,(H,17,18)(H2,14,15,19). The summed E-state index contributed by atoms with van der Waals surface area (Å²) in [5.41, 5.74) is -0.198. The number of aliphatic carboxylic acids is 1. The zero-order chi connectivity index (χ0) is 15.3. The number of aryl methyl sites for hydroxylation is 1. The van der Waals surface area contributed by atoms with Gasteiger partial charge in [-0.25, -0.2) is 9.59 Å². The molecule has 8 heteroatoms. The molecule has 1 atom stereocenters. The minimum Gasteiger partial charge on any atom is -0.479 e. The Hall–Kier alpha value is -2.09. The Morgan fingerprint density at radius 1 is 1.55 bits per heavy atom. The summed E-state index contributed by atoms with van der Waals surface area (Å²) in [6, 6.07) is -1.73. The van der Waals surface area contributed by atoms with Gasteiger partial charge in [-0.05, 0) is 13.8 Å². The number of amides is 2. The summed E-state index contributed by atoms with van der Waals surface area (Å²) in [6.07, 6.45) is 2.94. The second kappa shape index (κ2) is 6.38. The van der Waals surface area contributed by atoms with E-state index < -0.39 is 23.6 Å². The molecule has 1 rings (SSSR count). The molecule has 0 radical (unpaired) electrons. The molecule has 1 aromatic rings. The van der Waals surface area contributed by atoms with Gasteiger partial charge in [-0.3, -0.25) is 4.68 Å². The van der Waals surface area contributed by atoms with E-state index in [4.69, 9.17) is 4.74 Å². The minimum absolute atomic E-state index is 0.311. The molecule has 1 aromatic heterocycles. The molecular formula is C12H20N4O4. The van der Waals surface area contributed by atoms with Crippen molar-refractivity contribution in [3.05, 3.63) is 18.0 Å². The average Bonchev–Trinajstić information content (AvgIpc) is 2.71. The molecule has 0 saturated heterocycles. The van der Waals surface area contributed by atoms with Gasteiger partial charge in [0.1, 0.15) is 0 Å².